The molecule has 7 atom stereocenters. The van der Waals surface area contributed by atoms with Crippen LogP contribution in [0.2, 0.25) is 0 Å². The maximum absolute atomic E-state index is 16.1. The van der Waals surface area contributed by atoms with Crippen LogP contribution in [0.3, 0.4) is 0 Å². The lowest BCUT2D eigenvalue weighted by Gasteiger charge is -2.54. The van der Waals surface area contributed by atoms with Gasteiger partial charge in [-0.25, -0.2) is 4.39 Å². The summed E-state index contributed by atoms with van der Waals surface area (Å²) in [4.78, 5) is 15.3. The van der Waals surface area contributed by atoms with Crippen molar-refractivity contribution in [3.63, 3.8) is 0 Å². The van der Waals surface area contributed by atoms with Gasteiger partial charge in [0.1, 0.15) is 11.9 Å². The van der Waals surface area contributed by atoms with Gasteiger partial charge in [0.15, 0.2) is 0 Å². The number of methoxy groups -OCH3 is 1. The zero-order chi connectivity index (χ0) is 30.1. The summed E-state index contributed by atoms with van der Waals surface area (Å²) in [5.41, 5.74) is 2.77. The highest BCUT2D eigenvalue weighted by atomic mass is 19.1. The Hall–Kier alpha value is -2.96. The SMILES string of the molecule is COCCN(CCCC[C@@H]1Cc2cc(O)ccc2[C@@H]2[C@@H]1[C@@H]1CC[C@H](O)[C@@]1(C)C[C@@H]2F)C(=O)Cc1ccc2ccccc2c1. The molecular formula is C37H46FNO4. The minimum Gasteiger partial charge on any atom is -0.508 e. The summed E-state index contributed by atoms with van der Waals surface area (Å²) in [5, 5.41) is 23.5. The van der Waals surface area contributed by atoms with Crippen molar-refractivity contribution in [2.45, 2.75) is 76.5 Å². The first-order valence-electron chi connectivity index (χ1n) is 16.2. The van der Waals surface area contributed by atoms with Gasteiger partial charge in [0.05, 0.1) is 19.1 Å². The fourth-order valence-electron chi connectivity index (χ4n) is 8.94. The molecule has 2 saturated carbocycles. The van der Waals surface area contributed by atoms with Crippen molar-refractivity contribution in [1.29, 1.82) is 0 Å². The molecule has 5 nitrogen and oxygen atoms in total. The largest absolute Gasteiger partial charge is 0.508 e. The summed E-state index contributed by atoms with van der Waals surface area (Å²) in [7, 11) is 1.66. The van der Waals surface area contributed by atoms with Gasteiger partial charge >= 0.3 is 0 Å². The van der Waals surface area contributed by atoms with E-state index in [0.29, 0.717) is 38.5 Å². The van der Waals surface area contributed by atoms with E-state index < -0.39 is 12.3 Å². The van der Waals surface area contributed by atoms with E-state index in [0.717, 1.165) is 60.6 Å². The Morgan fingerprint density at radius 2 is 1.86 bits per heavy atom. The van der Waals surface area contributed by atoms with E-state index in [1.165, 1.54) is 5.39 Å². The van der Waals surface area contributed by atoms with Crippen molar-refractivity contribution in [1.82, 2.24) is 4.90 Å². The van der Waals surface area contributed by atoms with Gasteiger partial charge in [-0.2, -0.15) is 0 Å². The van der Waals surface area contributed by atoms with Gasteiger partial charge in [-0.05, 0) is 101 Å². The van der Waals surface area contributed by atoms with Crippen LogP contribution < -0.4 is 0 Å². The molecule has 3 aromatic carbocycles. The number of aliphatic hydroxyl groups is 1. The van der Waals surface area contributed by atoms with Gasteiger partial charge in [0.2, 0.25) is 5.91 Å². The minimum atomic E-state index is -0.998. The number of benzene rings is 3. The zero-order valence-corrected chi connectivity index (χ0v) is 25.6. The van der Waals surface area contributed by atoms with Crippen molar-refractivity contribution in [2.24, 2.45) is 23.2 Å². The number of rotatable bonds is 10. The molecule has 0 radical (unpaired) electrons. The number of halogens is 1. The number of amides is 1. The molecule has 0 aliphatic heterocycles. The molecule has 0 spiro atoms. The lowest BCUT2D eigenvalue weighted by Crippen LogP contribution is -2.51. The highest BCUT2D eigenvalue weighted by molar-refractivity contribution is 5.85. The van der Waals surface area contributed by atoms with Crippen LogP contribution in [0.5, 0.6) is 5.75 Å². The third-order valence-electron chi connectivity index (χ3n) is 11.1. The molecule has 0 bridgehead atoms. The Kier molecular flexibility index (Phi) is 8.79. The summed E-state index contributed by atoms with van der Waals surface area (Å²) in [6, 6.07) is 19.9. The van der Waals surface area contributed by atoms with Crippen molar-refractivity contribution in [3.05, 3.63) is 77.4 Å². The number of unbranched alkanes of at least 4 members (excludes halogenated alkanes) is 1. The summed E-state index contributed by atoms with van der Waals surface area (Å²) in [5.74, 6) is 0.933. The van der Waals surface area contributed by atoms with Crippen LogP contribution >= 0.6 is 0 Å². The summed E-state index contributed by atoms with van der Waals surface area (Å²) in [6.07, 6.45) is 4.61. The number of hydrogen-bond acceptors (Lipinski definition) is 4. The summed E-state index contributed by atoms with van der Waals surface area (Å²) in [6.45, 7) is 3.83. The van der Waals surface area contributed by atoms with Crippen LogP contribution in [0.15, 0.2) is 60.7 Å². The van der Waals surface area contributed by atoms with Gasteiger partial charge in [-0.3, -0.25) is 4.79 Å². The third-order valence-corrected chi connectivity index (χ3v) is 11.1. The van der Waals surface area contributed by atoms with E-state index in [1.54, 1.807) is 13.2 Å². The van der Waals surface area contributed by atoms with Gasteiger partial charge in [-0.15, -0.1) is 0 Å². The lowest BCUT2D eigenvalue weighted by molar-refractivity contribution is -0.131. The number of fused-ring (bicyclic) bond motifs is 6. The van der Waals surface area contributed by atoms with Crippen molar-refractivity contribution in [3.8, 4) is 5.75 Å². The topological polar surface area (TPSA) is 70.0 Å². The molecule has 0 aromatic heterocycles. The van der Waals surface area contributed by atoms with Crippen LogP contribution in [0.1, 0.15) is 68.1 Å². The Balaban J connectivity index is 1.14. The zero-order valence-electron chi connectivity index (χ0n) is 25.6. The third kappa shape index (κ3) is 5.93. The highest BCUT2D eigenvalue weighted by Gasteiger charge is 2.59. The molecule has 3 aliphatic rings. The predicted molar refractivity (Wildman–Crippen MR) is 168 cm³/mol. The average Bonchev–Trinajstić information content (AvgIpc) is 3.29. The quantitative estimate of drug-likeness (QED) is 0.255. The highest BCUT2D eigenvalue weighted by Crippen LogP contribution is 2.63. The smallest absolute Gasteiger partial charge is 0.227 e. The number of aromatic hydroxyl groups is 1. The summed E-state index contributed by atoms with van der Waals surface area (Å²) >= 11 is 0. The van der Waals surface area contributed by atoms with Crippen molar-refractivity contribution in [2.75, 3.05) is 26.8 Å². The number of aliphatic hydroxyl groups excluding tert-OH is 1. The molecule has 0 unspecified atom stereocenters. The number of ether oxygens (including phenoxy) is 1. The number of phenols is 1. The second-order valence-corrected chi connectivity index (χ2v) is 13.6. The molecule has 6 heteroatoms. The number of carbonyl (C=O) groups excluding carboxylic acids is 1. The van der Waals surface area contributed by atoms with E-state index >= 15 is 4.39 Å². The first kappa shape index (κ1) is 30.1. The Bertz CT molecular complexity index is 1440. The van der Waals surface area contributed by atoms with Gasteiger partial charge in [0.25, 0.3) is 0 Å². The Morgan fingerprint density at radius 3 is 2.67 bits per heavy atom. The lowest BCUT2D eigenvalue weighted by atomic mass is 9.51. The van der Waals surface area contributed by atoms with E-state index in [4.69, 9.17) is 4.74 Å². The van der Waals surface area contributed by atoms with Gasteiger partial charge in [-0.1, -0.05) is 61.9 Å². The average molecular weight is 588 g/mol. The first-order valence-corrected chi connectivity index (χ1v) is 16.2. The number of carbonyl (C=O) groups is 1. The summed E-state index contributed by atoms with van der Waals surface area (Å²) < 4.78 is 21.4. The number of hydrogen-bond donors (Lipinski definition) is 2. The fraction of sp³-hybridized carbons (Fsp3) is 0.541. The number of nitrogens with zero attached hydrogens (tertiary/aromatic N) is 1. The van der Waals surface area contributed by atoms with E-state index in [9.17, 15) is 15.0 Å². The number of alkyl halides is 1. The molecule has 3 aliphatic carbocycles. The van der Waals surface area contributed by atoms with Crippen LogP contribution in [0.4, 0.5) is 4.39 Å². The molecule has 0 heterocycles. The maximum Gasteiger partial charge on any atom is 0.227 e. The predicted octanol–water partition coefficient (Wildman–Crippen LogP) is 6.82. The molecule has 230 valence electrons. The van der Waals surface area contributed by atoms with Crippen molar-refractivity contribution >= 4 is 16.7 Å². The van der Waals surface area contributed by atoms with Crippen LogP contribution in [0.25, 0.3) is 10.8 Å². The second-order valence-electron chi connectivity index (χ2n) is 13.6. The van der Waals surface area contributed by atoms with Crippen molar-refractivity contribution < 1.29 is 24.1 Å². The molecule has 0 saturated heterocycles. The maximum atomic E-state index is 16.1. The Morgan fingerprint density at radius 1 is 1.05 bits per heavy atom. The van der Waals surface area contributed by atoms with Gasteiger partial charge < -0.3 is 19.8 Å². The molecule has 2 fully saturated rings. The molecule has 6 rings (SSSR count). The molecule has 3 aromatic rings. The normalized spacial score (nSPS) is 29.6. The molecular weight excluding hydrogens is 541 g/mol. The van der Waals surface area contributed by atoms with E-state index in [2.05, 4.69) is 31.2 Å². The van der Waals surface area contributed by atoms with Gasteiger partial charge in [0, 0.05) is 26.1 Å². The number of phenolic OH excluding ortho intramolecular Hbond substituents is 1. The second kappa shape index (κ2) is 12.6. The van der Waals surface area contributed by atoms with E-state index in [1.807, 2.05) is 35.2 Å². The van der Waals surface area contributed by atoms with E-state index in [-0.39, 0.29) is 34.8 Å². The monoisotopic (exact) mass is 587 g/mol. The van der Waals surface area contributed by atoms with Crippen LogP contribution in [-0.2, 0) is 22.4 Å². The molecule has 1 amide bonds. The standard InChI is InChI=1S/C37H46FNO4/c1-37-23-32(38)36-30-13-12-29(40)22-28(30)21-27(35(36)31(37)14-15-33(37)41)9-5-6-16-39(17-18-43-2)34(42)20-24-10-11-25-7-3-4-8-26(25)19-24/h3-4,7-8,10-13,19,22,27,31-33,35-36,40-41H,5-6,9,14-18,20-21,23H2,1-2H3/t27-,31+,32+,33+,35+,36+,37+/m1/s1. The fourth-order valence-corrected chi connectivity index (χ4v) is 8.94. The molecule has 43 heavy (non-hydrogen) atoms. The Labute approximate surface area is 255 Å². The van der Waals surface area contributed by atoms with Crippen LogP contribution in [0, 0.1) is 23.2 Å². The van der Waals surface area contributed by atoms with Crippen LogP contribution in [-0.4, -0.2) is 60.1 Å². The molecule has 2 N–H and O–H groups in total. The minimum absolute atomic E-state index is 0.109. The first-order chi connectivity index (χ1) is 20.8.